The first-order chi connectivity index (χ1) is 9.52. The van der Waals surface area contributed by atoms with Gasteiger partial charge in [0.05, 0.1) is 5.69 Å². The van der Waals surface area contributed by atoms with Crippen molar-refractivity contribution in [3.63, 3.8) is 0 Å². The molecule has 1 aliphatic rings. The van der Waals surface area contributed by atoms with Crippen LogP contribution in [0.25, 0.3) is 6.08 Å². The van der Waals surface area contributed by atoms with E-state index >= 15 is 0 Å². The number of piperazine rings is 1. The zero-order chi connectivity index (χ0) is 14.7. The van der Waals surface area contributed by atoms with Gasteiger partial charge in [0.15, 0.2) is 0 Å². The van der Waals surface area contributed by atoms with Crippen LogP contribution in [0.5, 0.6) is 0 Å². The normalized spacial score (nSPS) is 17.1. The van der Waals surface area contributed by atoms with Gasteiger partial charge in [-0.15, -0.1) is 0 Å². The Balaban J connectivity index is 1.99. The Morgan fingerprint density at radius 2 is 2.00 bits per heavy atom. The van der Waals surface area contributed by atoms with Crippen LogP contribution in [0.3, 0.4) is 0 Å². The third kappa shape index (κ3) is 3.22. The molecule has 0 unspecified atom stereocenters. The van der Waals surface area contributed by atoms with Gasteiger partial charge in [-0.25, -0.2) is 0 Å². The van der Waals surface area contributed by atoms with Crippen molar-refractivity contribution in [1.29, 1.82) is 0 Å². The van der Waals surface area contributed by atoms with Gasteiger partial charge in [0, 0.05) is 44.9 Å². The molecule has 0 N–H and O–H groups in total. The minimum Gasteiger partial charge on any atom is -0.337 e. The Kier molecular flexibility index (Phi) is 4.83. The van der Waals surface area contributed by atoms with E-state index in [-0.39, 0.29) is 5.91 Å². The number of aryl methyl sites for hydroxylation is 2. The lowest BCUT2D eigenvalue weighted by Crippen LogP contribution is -2.48. The predicted molar refractivity (Wildman–Crippen MR) is 80.7 cm³/mol. The number of aromatic nitrogens is 2. The van der Waals surface area contributed by atoms with Crippen LogP contribution in [0, 0.1) is 6.92 Å². The molecular weight excluding hydrogens is 276 g/mol. The standard InChI is InChI=1S/C14H21ClN4O/c1-4-18-7-9-19(10-8-18)13(20)6-5-12-11(2)16-17(3)14(12)15/h5-6H,4,7-10H2,1-3H3/b6-5+. The number of nitrogens with zero attached hydrogens (tertiary/aromatic N) is 4. The average Bonchev–Trinajstić information content (AvgIpc) is 2.70. The summed E-state index contributed by atoms with van der Waals surface area (Å²) in [7, 11) is 1.79. The van der Waals surface area contributed by atoms with Crippen LogP contribution < -0.4 is 0 Å². The molecule has 2 rings (SSSR count). The van der Waals surface area contributed by atoms with Crippen molar-refractivity contribution in [3.05, 3.63) is 22.5 Å². The van der Waals surface area contributed by atoms with Crippen molar-refractivity contribution in [2.45, 2.75) is 13.8 Å². The fourth-order valence-corrected chi connectivity index (χ4v) is 2.62. The molecule has 2 heterocycles. The van der Waals surface area contributed by atoms with E-state index < -0.39 is 0 Å². The van der Waals surface area contributed by atoms with Gasteiger partial charge in [-0.2, -0.15) is 5.10 Å². The van der Waals surface area contributed by atoms with Gasteiger partial charge in [0.25, 0.3) is 0 Å². The number of carbonyl (C=O) groups is 1. The van der Waals surface area contributed by atoms with Gasteiger partial charge in [0.2, 0.25) is 5.91 Å². The van der Waals surface area contributed by atoms with Crippen molar-refractivity contribution >= 4 is 23.6 Å². The minimum atomic E-state index is 0.0417. The van der Waals surface area contributed by atoms with Crippen molar-refractivity contribution in [1.82, 2.24) is 19.6 Å². The van der Waals surface area contributed by atoms with Gasteiger partial charge in [0.1, 0.15) is 5.15 Å². The molecule has 0 aliphatic carbocycles. The summed E-state index contributed by atoms with van der Waals surface area (Å²) in [5.41, 5.74) is 1.65. The highest BCUT2D eigenvalue weighted by molar-refractivity contribution is 6.31. The summed E-state index contributed by atoms with van der Waals surface area (Å²) in [4.78, 5) is 16.4. The highest BCUT2D eigenvalue weighted by Gasteiger charge is 2.18. The molecule has 1 fully saturated rings. The van der Waals surface area contributed by atoms with E-state index in [2.05, 4.69) is 16.9 Å². The third-order valence-electron chi connectivity index (χ3n) is 3.72. The Morgan fingerprint density at radius 3 is 2.50 bits per heavy atom. The first-order valence-corrected chi connectivity index (χ1v) is 7.29. The molecule has 1 amide bonds. The number of hydrogen-bond acceptors (Lipinski definition) is 3. The topological polar surface area (TPSA) is 41.4 Å². The van der Waals surface area contributed by atoms with Crippen molar-refractivity contribution in [3.8, 4) is 0 Å². The summed E-state index contributed by atoms with van der Waals surface area (Å²) in [6.07, 6.45) is 3.36. The summed E-state index contributed by atoms with van der Waals surface area (Å²) >= 11 is 6.14. The Bertz CT molecular complexity index is 515. The summed E-state index contributed by atoms with van der Waals surface area (Å²) in [5, 5.41) is 4.78. The molecule has 1 aliphatic heterocycles. The Labute approximate surface area is 124 Å². The first-order valence-electron chi connectivity index (χ1n) is 6.91. The second-order valence-corrected chi connectivity index (χ2v) is 5.36. The van der Waals surface area contributed by atoms with E-state index in [0.29, 0.717) is 5.15 Å². The van der Waals surface area contributed by atoms with Crippen LogP contribution in [-0.4, -0.2) is 58.2 Å². The molecule has 0 saturated carbocycles. The third-order valence-corrected chi connectivity index (χ3v) is 4.17. The lowest BCUT2D eigenvalue weighted by Gasteiger charge is -2.33. The van der Waals surface area contributed by atoms with Crippen LogP contribution in [-0.2, 0) is 11.8 Å². The van der Waals surface area contributed by atoms with Gasteiger partial charge >= 0.3 is 0 Å². The fourth-order valence-electron chi connectivity index (χ4n) is 2.38. The van der Waals surface area contributed by atoms with Crippen LogP contribution in [0.2, 0.25) is 5.15 Å². The molecule has 0 bridgehead atoms. The monoisotopic (exact) mass is 296 g/mol. The quantitative estimate of drug-likeness (QED) is 0.795. The number of hydrogen-bond donors (Lipinski definition) is 0. The lowest BCUT2D eigenvalue weighted by molar-refractivity contribution is -0.127. The summed E-state index contributed by atoms with van der Waals surface area (Å²) in [6, 6.07) is 0. The van der Waals surface area contributed by atoms with Gasteiger partial charge in [-0.05, 0) is 19.5 Å². The van der Waals surface area contributed by atoms with Crippen LogP contribution in [0.1, 0.15) is 18.2 Å². The first kappa shape index (κ1) is 15.1. The number of likely N-dealkylation sites (N-methyl/N-ethyl adjacent to an activating group) is 1. The molecule has 1 aromatic rings. The van der Waals surface area contributed by atoms with E-state index in [4.69, 9.17) is 11.6 Å². The van der Waals surface area contributed by atoms with Crippen LogP contribution >= 0.6 is 11.6 Å². The molecule has 110 valence electrons. The maximum atomic E-state index is 12.1. The maximum Gasteiger partial charge on any atom is 0.246 e. The zero-order valence-electron chi connectivity index (χ0n) is 12.3. The van der Waals surface area contributed by atoms with E-state index in [1.54, 1.807) is 23.9 Å². The largest absolute Gasteiger partial charge is 0.337 e. The van der Waals surface area contributed by atoms with Crippen molar-refractivity contribution < 1.29 is 4.79 Å². The lowest BCUT2D eigenvalue weighted by atomic mass is 10.2. The summed E-state index contributed by atoms with van der Waals surface area (Å²) in [5.74, 6) is 0.0417. The van der Waals surface area contributed by atoms with Gasteiger partial charge < -0.3 is 9.80 Å². The number of amides is 1. The second kappa shape index (κ2) is 6.41. The fraction of sp³-hybridized carbons (Fsp3) is 0.571. The minimum absolute atomic E-state index is 0.0417. The Hall–Kier alpha value is -1.33. The number of carbonyl (C=O) groups excluding carboxylic acids is 1. The molecule has 6 heteroatoms. The molecule has 1 aromatic heterocycles. The number of rotatable bonds is 3. The summed E-state index contributed by atoms with van der Waals surface area (Å²) in [6.45, 7) is 8.54. The van der Waals surface area contributed by atoms with Crippen LogP contribution in [0.4, 0.5) is 0 Å². The number of halogens is 1. The maximum absolute atomic E-state index is 12.1. The van der Waals surface area contributed by atoms with E-state index in [0.717, 1.165) is 44.0 Å². The van der Waals surface area contributed by atoms with Gasteiger partial charge in [-0.1, -0.05) is 18.5 Å². The zero-order valence-corrected chi connectivity index (χ0v) is 13.0. The molecule has 5 nitrogen and oxygen atoms in total. The molecule has 20 heavy (non-hydrogen) atoms. The smallest absolute Gasteiger partial charge is 0.246 e. The van der Waals surface area contributed by atoms with E-state index in [1.807, 2.05) is 11.8 Å². The molecule has 0 aromatic carbocycles. The Morgan fingerprint density at radius 1 is 1.35 bits per heavy atom. The molecule has 0 radical (unpaired) electrons. The molecule has 0 atom stereocenters. The van der Waals surface area contributed by atoms with Crippen molar-refractivity contribution in [2.24, 2.45) is 7.05 Å². The summed E-state index contributed by atoms with van der Waals surface area (Å²) < 4.78 is 1.61. The average molecular weight is 297 g/mol. The predicted octanol–water partition coefficient (Wildman–Crippen LogP) is 1.56. The highest BCUT2D eigenvalue weighted by Crippen LogP contribution is 2.20. The van der Waals surface area contributed by atoms with Crippen molar-refractivity contribution in [2.75, 3.05) is 32.7 Å². The van der Waals surface area contributed by atoms with Crippen LogP contribution in [0.15, 0.2) is 6.08 Å². The van der Waals surface area contributed by atoms with E-state index in [1.165, 1.54) is 0 Å². The molecule has 0 spiro atoms. The molecular formula is C14H21ClN4O. The highest BCUT2D eigenvalue weighted by atomic mass is 35.5. The van der Waals surface area contributed by atoms with E-state index in [9.17, 15) is 4.79 Å². The second-order valence-electron chi connectivity index (χ2n) is 5.01. The molecule has 1 saturated heterocycles. The van der Waals surface area contributed by atoms with Gasteiger partial charge in [-0.3, -0.25) is 9.48 Å². The SMILES string of the molecule is CCN1CCN(C(=O)/C=C/c2c(C)nn(C)c2Cl)CC1.